The number of hydrogen-bond acceptors (Lipinski definition) is 3. The fourth-order valence-electron chi connectivity index (χ4n) is 4.06. The summed E-state index contributed by atoms with van der Waals surface area (Å²) < 4.78 is 0. The highest BCUT2D eigenvalue weighted by atomic mass is 16.2. The van der Waals surface area contributed by atoms with Gasteiger partial charge in [-0.3, -0.25) is 4.79 Å². The number of benzene rings is 2. The molecule has 0 aliphatic carbocycles. The summed E-state index contributed by atoms with van der Waals surface area (Å²) in [6.07, 6.45) is 4.80. The van der Waals surface area contributed by atoms with Gasteiger partial charge in [0.2, 0.25) is 5.91 Å². The number of rotatable bonds is 4. The highest BCUT2D eigenvalue weighted by Gasteiger charge is 2.27. The number of amides is 1. The molecule has 0 spiro atoms. The molecular weight excluding hydrogens is 322 g/mol. The van der Waals surface area contributed by atoms with Crippen molar-refractivity contribution in [2.24, 2.45) is 0 Å². The molecule has 0 radical (unpaired) electrons. The van der Waals surface area contributed by atoms with Crippen LogP contribution in [0.4, 0.5) is 17.1 Å². The Kier molecular flexibility index (Phi) is 4.83. The number of hydrogen-bond donors (Lipinski definition) is 1. The van der Waals surface area contributed by atoms with Crippen molar-refractivity contribution in [3.63, 3.8) is 0 Å². The van der Waals surface area contributed by atoms with Gasteiger partial charge in [0.05, 0.1) is 0 Å². The summed E-state index contributed by atoms with van der Waals surface area (Å²) >= 11 is 0. The first-order chi connectivity index (χ1) is 12.7. The molecule has 4 heteroatoms. The van der Waals surface area contributed by atoms with E-state index in [4.69, 9.17) is 0 Å². The van der Waals surface area contributed by atoms with Crippen molar-refractivity contribution in [1.82, 2.24) is 0 Å². The molecule has 4 nitrogen and oxygen atoms in total. The summed E-state index contributed by atoms with van der Waals surface area (Å²) in [7, 11) is 0. The monoisotopic (exact) mass is 349 g/mol. The molecule has 136 valence electrons. The molecule has 1 saturated heterocycles. The second-order valence-electron chi connectivity index (χ2n) is 7.33. The van der Waals surface area contributed by atoms with E-state index in [0.29, 0.717) is 0 Å². The van der Waals surface area contributed by atoms with Crippen LogP contribution in [0.15, 0.2) is 48.5 Å². The predicted octanol–water partition coefficient (Wildman–Crippen LogP) is 4.07. The Morgan fingerprint density at radius 2 is 1.81 bits per heavy atom. The van der Waals surface area contributed by atoms with Crippen LogP contribution in [0.1, 0.15) is 31.7 Å². The van der Waals surface area contributed by atoms with Crippen LogP contribution in [-0.2, 0) is 11.2 Å². The van der Waals surface area contributed by atoms with Crippen LogP contribution in [0.25, 0.3) is 0 Å². The maximum atomic E-state index is 13.0. The van der Waals surface area contributed by atoms with Gasteiger partial charge in [0.1, 0.15) is 6.04 Å². The quantitative estimate of drug-likeness (QED) is 0.904. The summed E-state index contributed by atoms with van der Waals surface area (Å²) in [6.45, 7) is 4.99. The molecule has 2 aliphatic rings. The van der Waals surface area contributed by atoms with Crippen LogP contribution in [0.2, 0.25) is 0 Å². The van der Waals surface area contributed by atoms with Crippen molar-refractivity contribution in [2.75, 3.05) is 34.8 Å². The lowest BCUT2D eigenvalue weighted by Crippen LogP contribution is -2.40. The topological polar surface area (TPSA) is 35.6 Å². The second-order valence-corrected chi connectivity index (χ2v) is 7.33. The number of nitrogens with one attached hydrogen (secondary N) is 1. The van der Waals surface area contributed by atoms with Crippen LogP contribution >= 0.6 is 0 Å². The molecule has 1 amide bonds. The Balaban J connectivity index is 1.45. The van der Waals surface area contributed by atoms with Crippen LogP contribution in [0, 0.1) is 0 Å². The second kappa shape index (κ2) is 7.40. The number of para-hydroxylation sites is 1. The van der Waals surface area contributed by atoms with E-state index in [1.54, 1.807) is 0 Å². The van der Waals surface area contributed by atoms with E-state index in [1.807, 2.05) is 30.0 Å². The minimum Gasteiger partial charge on any atom is -0.374 e. The van der Waals surface area contributed by atoms with E-state index in [9.17, 15) is 4.79 Å². The van der Waals surface area contributed by atoms with Gasteiger partial charge in [-0.1, -0.05) is 24.3 Å². The highest BCUT2D eigenvalue weighted by Crippen LogP contribution is 2.29. The molecule has 26 heavy (non-hydrogen) atoms. The average molecular weight is 349 g/mol. The Hall–Kier alpha value is -2.49. The molecular formula is C22H27N3O. The maximum absolute atomic E-state index is 13.0. The fourth-order valence-corrected chi connectivity index (χ4v) is 4.06. The van der Waals surface area contributed by atoms with E-state index >= 15 is 0 Å². The van der Waals surface area contributed by atoms with Crippen LogP contribution in [0.5, 0.6) is 0 Å². The Bertz CT molecular complexity index is 782. The third-order valence-electron chi connectivity index (χ3n) is 5.47. The molecule has 4 rings (SSSR count). The summed E-state index contributed by atoms with van der Waals surface area (Å²) in [5, 5.41) is 3.41. The number of piperidine rings is 1. The van der Waals surface area contributed by atoms with E-state index in [-0.39, 0.29) is 11.9 Å². The van der Waals surface area contributed by atoms with Crippen molar-refractivity contribution in [3.05, 3.63) is 54.1 Å². The van der Waals surface area contributed by atoms with Crippen molar-refractivity contribution < 1.29 is 4.79 Å². The lowest BCUT2D eigenvalue weighted by atomic mass is 10.1. The molecule has 2 aliphatic heterocycles. The minimum absolute atomic E-state index is 0.137. The van der Waals surface area contributed by atoms with Crippen molar-refractivity contribution in [2.45, 2.75) is 38.6 Å². The number of carbonyl (C=O) groups is 1. The summed E-state index contributed by atoms with van der Waals surface area (Å²) in [6, 6.07) is 16.4. The first-order valence-electron chi connectivity index (χ1n) is 9.73. The third-order valence-corrected chi connectivity index (χ3v) is 5.47. The first-order valence-corrected chi connectivity index (χ1v) is 9.73. The zero-order valence-electron chi connectivity index (χ0n) is 15.4. The summed E-state index contributed by atoms with van der Waals surface area (Å²) in [5.74, 6) is 0.137. The van der Waals surface area contributed by atoms with Gasteiger partial charge in [-0.15, -0.1) is 0 Å². The van der Waals surface area contributed by atoms with E-state index in [2.05, 4.69) is 40.5 Å². The van der Waals surface area contributed by atoms with Crippen LogP contribution < -0.4 is 15.1 Å². The maximum Gasteiger partial charge on any atom is 0.249 e. The van der Waals surface area contributed by atoms with Gasteiger partial charge in [0.25, 0.3) is 0 Å². The largest absolute Gasteiger partial charge is 0.374 e. The number of anilines is 3. The molecule has 0 saturated carbocycles. The van der Waals surface area contributed by atoms with Crippen molar-refractivity contribution in [1.29, 1.82) is 0 Å². The van der Waals surface area contributed by atoms with Gasteiger partial charge in [-0.25, -0.2) is 0 Å². The SMILES string of the molecule is CC(Nc1cccc(N2CCCCC2)c1)C(=O)N1CCc2ccccc21. The average Bonchev–Trinajstić information content (AvgIpc) is 3.12. The molecule has 1 atom stereocenters. The van der Waals surface area contributed by atoms with Gasteiger partial charge >= 0.3 is 0 Å². The lowest BCUT2D eigenvalue weighted by molar-refractivity contribution is -0.118. The Labute approximate surface area is 155 Å². The number of fused-ring (bicyclic) bond motifs is 1. The smallest absolute Gasteiger partial charge is 0.249 e. The lowest BCUT2D eigenvalue weighted by Gasteiger charge is -2.29. The van der Waals surface area contributed by atoms with E-state index in [1.165, 1.54) is 30.5 Å². The third kappa shape index (κ3) is 3.41. The van der Waals surface area contributed by atoms with Gasteiger partial charge in [-0.2, -0.15) is 0 Å². The van der Waals surface area contributed by atoms with Gasteiger partial charge in [-0.05, 0) is 62.4 Å². The molecule has 0 aromatic heterocycles. The standard InChI is InChI=1S/C22H27N3O/c1-17(22(26)25-15-12-18-8-3-4-11-21(18)25)23-19-9-7-10-20(16-19)24-13-5-2-6-14-24/h3-4,7-11,16-17,23H,2,5-6,12-15H2,1H3. The summed E-state index contributed by atoms with van der Waals surface area (Å²) in [5.41, 5.74) is 4.59. The zero-order valence-corrected chi connectivity index (χ0v) is 15.4. The fraction of sp³-hybridized carbons (Fsp3) is 0.409. The van der Waals surface area contributed by atoms with Gasteiger partial charge < -0.3 is 15.1 Å². The molecule has 1 fully saturated rings. The van der Waals surface area contributed by atoms with Crippen molar-refractivity contribution in [3.8, 4) is 0 Å². The molecule has 1 unspecified atom stereocenters. The predicted molar refractivity (Wildman–Crippen MR) is 108 cm³/mol. The molecule has 2 heterocycles. The molecule has 1 N–H and O–H groups in total. The van der Waals surface area contributed by atoms with Crippen molar-refractivity contribution >= 4 is 23.0 Å². The Morgan fingerprint density at radius 3 is 2.65 bits per heavy atom. The van der Waals surface area contributed by atoms with Gasteiger partial charge in [0.15, 0.2) is 0 Å². The molecule has 2 aromatic rings. The highest BCUT2D eigenvalue weighted by molar-refractivity contribution is 6.00. The van der Waals surface area contributed by atoms with E-state index in [0.717, 1.165) is 37.4 Å². The van der Waals surface area contributed by atoms with Crippen LogP contribution in [0.3, 0.4) is 0 Å². The van der Waals surface area contributed by atoms with Gasteiger partial charge in [0, 0.05) is 36.7 Å². The van der Waals surface area contributed by atoms with E-state index < -0.39 is 0 Å². The minimum atomic E-state index is -0.252. The number of nitrogens with zero attached hydrogens (tertiary/aromatic N) is 2. The van der Waals surface area contributed by atoms with Crippen LogP contribution in [-0.4, -0.2) is 31.6 Å². The Morgan fingerprint density at radius 1 is 1.00 bits per heavy atom. The first kappa shape index (κ1) is 17.0. The normalized spacial score (nSPS) is 17.7. The molecule has 0 bridgehead atoms. The molecule has 2 aromatic carbocycles. The zero-order chi connectivity index (χ0) is 17.9. The summed E-state index contributed by atoms with van der Waals surface area (Å²) in [4.78, 5) is 17.3. The number of carbonyl (C=O) groups excluding carboxylic acids is 1.